The zero-order valence-corrected chi connectivity index (χ0v) is 9.34. The van der Waals surface area contributed by atoms with Gasteiger partial charge in [0.15, 0.2) is 0 Å². The van der Waals surface area contributed by atoms with Crippen molar-refractivity contribution in [3.05, 3.63) is 64.9 Å². The highest BCUT2D eigenvalue weighted by Gasteiger charge is 2.02. The minimum atomic E-state index is -0.243. The molecule has 2 rings (SSSR count). The van der Waals surface area contributed by atoms with E-state index in [1.807, 2.05) is 30.3 Å². The van der Waals surface area contributed by atoms with Gasteiger partial charge in [-0.25, -0.2) is 4.39 Å². The van der Waals surface area contributed by atoms with Crippen molar-refractivity contribution in [2.24, 2.45) is 0 Å². The summed E-state index contributed by atoms with van der Waals surface area (Å²) in [6.45, 7) is 0.427. The van der Waals surface area contributed by atoms with Gasteiger partial charge in [0.2, 0.25) is 0 Å². The first-order chi connectivity index (χ1) is 7.75. The Labute approximate surface area is 98.9 Å². The first-order valence-corrected chi connectivity index (χ1v) is 5.36. The molecule has 3 heteroatoms. The van der Waals surface area contributed by atoms with Crippen LogP contribution in [-0.2, 0) is 6.54 Å². The standard InChI is InChI=1S/C13H11ClFN/c14-11-6-7-13(15)10(8-11)9-16-12-4-2-1-3-5-12/h1-8,16H,9H2. The van der Waals surface area contributed by atoms with Crippen LogP contribution in [0.4, 0.5) is 10.1 Å². The highest BCUT2D eigenvalue weighted by Crippen LogP contribution is 2.16. The van der Waals surface area contributed by atoms with Crippen LogP contribution in [0.25, 0.3) is 0 Å². The Kier molecular flexibility index (Phi) is 3.42. The molecule has 0 radical (unpaired) electrons. The number of rotatable bonds is 3. The summed E-state index contributed by atoms with van der Waals surface area (Å²) in [4.78, 5) is 0. The summed E-state index contributed by atoms with van der Waals surface area (Å²) in [6.07, 6.45) is 0. The third-order valence-electron chi connectivity index (χ3n) is 2.26. The average Bonchev–Trinajstić information content (AvgIpc) is 2.32. The van der Waals surface area contributed by atoms with Crippen LogP contribution in [0.3, 0.4) is 0 Å². The van der Waals surface area contributed by atoms with Gasteiger partial charge in [0.25, 0.3) is 0 Å². The van der Waals surface area contributed by atoms with Crippen molar-refractivity contribution in [2.75, 3.05) is 5.32 Å². The maximum absolute atomic E-state index is 13.4. The Morgan fingerprint density at radius 1 is 1.06 bits per heavy atom. The number of halogens is 2. The van der Waals surface area contributed by atoms with Gasteiger partial charge in [-0.15, -0.1) is 0 Å². The van der Waals surface area contributed by atoms with Crippen LogP contribution in [0.15, 0.2) is 48.5 Å². The predicted octanol–water partition coefficient (Wildman–Crippen LogP) is 4.09. The third kappa shape index (κ3) is 2.74. The largest absolute Gasteiger partial charge is 0.381 e. The van der Waals surface area contributed by atoms with E-state index in [4.69, 9.17) is 11.6 Å². The molecule has 0 spiro atoms. The van der Waals surface area contributed by atoms with Crippen molar-refractivity contribution < 1.29 is 4.39 Å². The van der Waals surface area contributed by atoms with Crippen LogP contribution >= 0.6 is 11.6 Å². The Morgan fingerprint density at radius 3 is 2.56 bits per heavy atom. The smallest absolute Gasteiger partial charge is 0.128 e. The summed E-state index contributed by atoms with van der Waals surface area (Å²) in [6, 6.07) is 14.2. The summed E-state index contributed by atoms with van der Waals surface area (Å²) in [5, 5.41) is 3.68. The van der Waals surface area contributed by atoms with E-state index < -0.39 is 0 Å². The number of benzene rings is 2. The molecular weight excluding hydrogens is 225 g/mol. The van der Waals surface area contributed by atoms with Crippen LogP contribution in [0, 0.1) is 5.82 Å². The summed E-state index contributed by atoms with van der Waals surface area (Å²) in [5.41, 5.74) is 1.53. The van der Waals surface area contributed by atoms with Crippen molar-refractivity contribution in [1.29, 1.82) is 0 Å². The first-order valence-electron chi connectivity index (χ1n) is 4.98. The van der Waals surface area contributed by atoms with Gasteiger partial charge >= 0.3 is 0 Å². The molecule has 0 aliphatic rings. The number of para-hydroxylation sites is 1. The lowest BCUT2D eigenvalue weighted by atomic mass is 10.2. The molecule has 0 heterocycles. The minimum Gasteiger partial charge on any atom is -0.381 e. The maximum Gasteiger partial charge on any atom is 0.128 e. The molecule has 0 aliphatic carbocycles. The van der Waals surface area contributed by atoms with E-state index in [1.165, 1.54) is 6.07 Å². The van der Waals surface area contributed by atoms with Crippen LogP contribution in [0.5, 0.6) is 0 Å². The Hall–Kier alpha value is -1.54. The van der Waals surface area contributed by atoms with Crippen molar-refractivity contribution in [1.82, 2.24) is 0 Å². The zero-order chi connectivity index (χ0) is 11.4. The van der Waals surface area contributed by atoms with E-state index in [-0.39, 0.29) is 5.82 Å². The van der Waals surface area contributed by atoms with Crippen molar-refractivity contribution in [2.45, 2.75) is 6.54 Å². The molecule has 0 amide bonds. The van der Waals surface area contributed by atoms with Gasteiger partial charge in [-0.2, -0.15) is 0 Å². The van der Waals surface area contributed by atoms with E-state index >= 15 is 0 Å². The topological polar surface area (TPSA) is 12.0 Å². The van der Waals surface area contributed by atoms with Gasteiger partial charge in [-0.1, -0.05) is 29.8 Å². The lowest BCUT2D eigenvalue weighted by Gasteiger charge is -2.07. The van der Waals surface area contributed by atoms with Gasteiger partial charge in [0.1, 0.15) is 5.82 Å². The first kappa shape index (κ1) is 11.0. The maximum atomic E-state index is 13.4. The fraction of sp³-hybridized carbons (Fsp3) is 0.0769. The molecule has 0 unspecified atom stereocenters. The molecule has 16 heavy (non-hydrogen) atoms. The molecular formula is C13H11ClFN. The molecule has 1 N–H and O–H groups in total. The second-order valence-corrected chi connectivity index (χ2v) is 3.89. The van der Waals surface area contributed by atoms with Crippen LogP contribution < -0.4 is 5.32 Å². The van der Waals surface area contributed by atoms with E-state index in [0.717, 1.165) is 5.69 Å². The van der Waals surface area contributed by atoms with E-state index in [9.17, 15) is 4.39 Å². The Morgan fingerprint density at radius 2 is 1.81 bits per heavy atom. The number of hydrogen-bond donors (Lipinski definition) is 1. The number of nitrogens with one attached hydrogen (secondary N) is 1. The van der Waals surface area contributed by atoms with Crippen molar-refractivity contribution >= 4 is 17.3 Å². The summed E-state index contributed by atoms with van der Waals surface area (Å²) < 4.78 is 13.4. The second kappa shape index (κ2) is 4.99. The molecule has 0 saturated heterocycles. The predicted molar refractivity (Wildman–Crippen MR) is 65.2 cm³/mol. The zero-order valence-electron chi connectivity index (χ0n) is 8.58. The van der Waals surface area contributed by atoms with E-state index in [2.05, 4.69) is 5.32 Å². The van der Waals surface area contributed by atoms with Crippen molar-refractivity contribution in [3.63, 3.8) is 0 Å². The Balaban J connectivity index is 2.08. The molecule has 0 aliphatic heterocycles. The molecule has 2 aromatic rings. The summed E-state index contributed by atoms with van der Waals surface area (Å²) >= 11 is 5.80. The monoisotopic (exact) mass is 235 g/mol. The molecule has 0 atom stereocenters. The van der Waals surface area contributed by atoms with E-state index in [1.54, 1.807) is 12.1 Å². The molecule has 0 fully saturated rings. The second-order valence-electron chi connectivity index (χ2n) is 3.46. The quantitative estimate of drug-likeness (QED) is 0.845. The lowest BCUT2D eigenvalue weighted by molar-refractivity contribution is 0.613. The summed E-state index contributed by atoms with van der Waals surface area (Å²) in [5.74, 6) is -0.243. The van der Waals surface area contributed by atoms with Gasteiger partial charge in [0.05, 0.1) is 0 Å². The molecule has 0 saturated carbocycles. The normalized spacial score (nSPS) is 10.1. The molecule has 0 bridgehead atoms. The summed E-state index contributed by atoms with van der Waals surface area (Å²) in [7, 11) is 0. The van der Waals surface area contributed by atoms with Gasteiger partial charge in [-0.3, -0.25) is 0 Å². The molecule has 1 nitrogen and oxygen atoms in total. The molecule has 0 aromatic heterocycles. The number of hydrogen-bond acceptors (Lipinski definition) is 1. The SMILES string of the molecule is Fc1ccc(Cl)cc1CNc1ccccc1. The average molecular weight is 236 g/mol. The third-order valence-corrected chi connectivity index (χ3v) is 2.50. The highest BCUT2D eigenvalue weighted by molar-refractivity contribution is 6.30. The van der Waals surface area contributed by atoms with Gasteiger partial charge in [0, 0.05) is 22.8 Å². The van der Waals surface area contributed by atoms with Gasteiger partial charge in [-0.05, 0) is 30.3 Å². The Bertz CT molecular complexity index is 471. The van der Waals surface area contributed by atoms with Gasteiger partial charge < -0.3 is 5.32 Å². The van der Waals surface area contributed by atoms with Crippen molar-refractivity contribution in [3.8, 4) is 0 Å². The van der Waals surface area contributed by atoms with Crippen LogP contribution in [-0.4, -0.2) is 0 Å². The van der Waals surface area contributed by atoms with Crippen LogP contribution in [0.1, 0.15) is 5.56 Å². The minimum absolute atomic E-state index is 0.243. The fourth-order valence-corrected chi connectivity index (χ4v) is 1.63. The fourth-order valence-electron chi connectivity index (χ4n) is 1.43. The molecule has 82 valence electrons. The molecule has 2 aromatic carbocycles. The van der Waals surface area contributed by atoms with E-state index in [0.29, 0.717) is 17.1 Å². The highest BCUT2D eigenvalue weighted by atomic mass is 35.5. The number of anilines is 1. The van der Waals surface area contributed by atoms with Crippen LogP contribution in [0.2, 0.25) is 5.02 Å². The lowest BCUT2D eigenvalue weighted by Crippen LogP contribution is -2.01.